The minimum absolute atomic E-state index is 0.831. The molecule has 1 heteroatoms. The molecule has 14 heavy (non-hydrogen) atoms. The Morgan fingerprint density at radius 2 is 1.21 bits per heavy atom. The molecular weight excluding hydrogens is 170 g/mol. The Kier molecular flexibility index (Phi) is 6.25. The summed E-state index contributed by atoms with van der Waals surface area (Å²) >= 11 is 0. The van der Waals surface area contributed by atoms with E-state index in [9.17, 15) is 0 Å². The molecule has 1 saturated heterocycles. The zero-order valence-electron chi connectivity index (χ0n) is 10.1. The van der Waals surface area contributed by atoms with Crippen molar-refractivity contribution in [1.29, 1.82) is 0 Å². The monoisotopic (exact) mass is 197 g/mol. The second-order valence-electron chi connectivity index (χ2n) is 5.17. The van der Waals surface area contributed by atoms with Crippen molar-refractivity contribution in [2.24, 2.45) is 5.92 Å². The van der Waals surface area contributed by atoms with E-state index in [4.69, 9.17) is 0 Å². The topological polar surface area (TPSA) is 3.24 Å². The van der Waals surface area contributed by atoms with Crippen molar-refractivity contribution in [3.05, 3.63) is 0 Å². The van der Waals surface area contributed by atoms with Crippen molar-refractivity contribution in [3.63, 3.8) is 0 Å². The smallest absolute Gasteiger partial charge is 0.000438 e. The van der Waals surface area contributed by atoms with Crippen LogP contribution in [-0.4, -0.2) is 24.5 Å². The quantitative estimate of drug-likeness (QED) is 0.652. The van der Waals surface area contributed by atoms with Gasteiger partial charge in [-0.3, -0.25) is 0 Å². The summed E-state index contributed by atoms with van der Waals surface area (Å²) in [6.45, 7) is 8.66. The van der Waals surface area contributed by atoms with E-state index in [2.05, 4.69) is 18.7 Å². The van der Waals surface area contributed by atoms with Gasteiger partial charge in [-0.1, -0.05) is 46.0 Å². The first-order valence-electron chi connectivity index (χ1n) is 6.51. The largest absolute Gasteiger partial charge is 0.303 e. The summed E-state index contributed by atoms with van der Waals surface area (Å²) in [4.78, 5) is 2.68. The predicted molar refractivity (Wildman–Crippen MR) is 63.6 cm³/mol. The summed E-state index contributed by atoms with van der Waals surface area (Å²) < 4.78 is 0. The Morgan fingerprint density at radius 1 is 0.786 bits per heavy atom. The zero-order chi connectivity index (χ0) is 10.2. The summed E-state index contributed by atoms with van der Waals surface area (Å²) in [6.07, 6.45) is 10.2. The third-order valence-electron chi connectivity index (χ3n) is 3.07. The molecule has 0 spiro atoms. The van der Waals surface area contributed by atoms with E-state index in [-0.39, 0.29) is 0 Å². The molecule has 0 bridgehead atoms. The van der Waals surface area contributed by atoms with Crippen LogP contribution in [0.1, 0.15) is 58.8 Å². The molecule has 0 amide bonds. The van der Waals surface area contributed by atoms with Gasteiger partial charge in [0, 0.05) is 6.54 Å². The van der Waals surface area contributed by atoms with Crippen molar-refractivity contribution < 1.29 is 0 Å². The van der Waals surface area contributed by atoms with Gasteiger partial charge in [0.2, 0.25) is 0 Å². The molecule has 1 aliphatic heterocycles. The van der Waals surface area contributed by atoms with E-state index in [1.54, 1.807) is 0 Å². The average Bonchev–Trinajstić information content (AvgIpc) is 2.15. The summed E-state index contributed by atoms with van der Waals surface area (Å²) in [5.74, 6) is 0.831. The number of hydrogen-bond donors (Lipinski definition) is 0. The lowest BCUT2D eigenvalue weighted by Gasteiger charge is -2.25. The van der Waals surface area contributed by atoms with E-state index in [1.165, 1.54) is 64.6 Å². The summed E-state index contributed by atoms with van der Waals surface area (Å²) in [5, 5.41) is 0. The van der Waals surface area contributed by atoms with Gasteiger partial charge in [-0.05, 0) is 31.8 Å². The minimum atomic E-state index is 0.831. The van der Waals surface area contributed by atoms with Crippen LogP contribution in [0.2, 0.25) is 0 Å². The summed E-state index contributed by atoms with van der Waals surface area (Å²) in [7, 11) is 0. The van der Waals surface area contributed by atoms with Gasteiger partial charge in [0.05, 0.1) is 0 Å². The molecule has 0 unspecified atom stereocenters. The predicted octanol–water partition coefficient (Wildman–Crippen LogP) is 3.69. The van der Waals surface area contributed by atoms with Crippen LogP contribution in [0, 0.1) is 5.92 Å². The van der Waals surface area contributed by atoms with E-state index < -0.39 is 0 Å². The highest BCUT2D eigenvalue weighted by Crippen LogP contribution is 2.12. The highest BCUT2D eigenvalue weighted by atomic mass is 15.1. The third kappa shape index (κ3) is 5.64. The Balaban J connectivity index is 2.23. The molecule has 0 N–H and O–H groups in total. The van der Waals surface area contributed by atoms with Gasteiger partial charge >= 0.3 is 0 Å². The maximum Gasteiger partial charge on any atom is 0.000438 e. The van der Waals surface area contributed by atoms with Gasteiger partial charge in [0.25, 0.3) is 0 Å². The van der Waals surface area contributed by atoms with Gasteiger partial charge in [-0.2, -0.15) is 0 Å². The molecule has 1 rings (SSSR count). The van der Waals surface area contributed by atoms with Crippen LogP contribution in [0.25, 0.3) is 0 Å². The Hall–Kier alpha value is -0.0400. The standard InChI is InChI=1S/C13H27N/c1-13(2)12-14-10-8-6-4-3-5-7-9-11-14/h13H,3-12H2,1-2H3. The van der Waals surface area contributed by atoms with Crippen molar-refractivity contribution in [3.8, 4) is 0 Å². The van der Waals surface area contributed by atoms with Crippen LogP contribution in [0.3, 0.4) is 0 Å². The molecule has 0 radical (unpaired) electrons. The molecular formula is C13H27N. The normalized spacial score (nSPS) is 22.5. The Bertz CT molecular complexity index is 121. The first kappa shape index (κ1) is 12.0. The zero-order valence-corrected chi connectivity index (χ0v) is 10.1. The Morgan fingerprint density at radius 3 is 1.64 bits per heavy atom. The lowest BCUT2D eigenvalue weighted by atomic mass is 10.1. The van der Waals surface area contributed by atoms with E-state index >= 15 is 0 Å². The van der Waals surface area contributed by atoms with Crippen molar-refractivity contribution in [2.75, 3.05) is 19.6 Å². The van der Waals surface area contributed by atoms with Gasteiger partial charge in [0.1, 0.15) is 0 Å². The fraction of sp³-hybridized carbons (Fsp3) is 1.00. The van der Waals surface area contributed by atoms with Crippen molar-refractivity contribution in [1.82, 2.24) is 4.90 Å². The highest BCUT2D eigenvalue weighted by Gasteiger charge is 2.07. The van der Waals surface area contributed by atoms with Gasteiger partial charge in [-0.25, -0.2) is 0 Å². The molecule has 0 aliphatic carbocycles. The number of rotatable bonds is 2. The van der Waals surface area contributed by atoms with Crippen LogP contribution in [0.5, 0.6) is 0 Å². The van der Waals surface area contributed by atoms with E-state index in [0.29, 0.717) is 0 Å². The lowest BCUT2D eigenvalue weighted by molar-refractivity contribution is 0.229. The van der Waals surface area contributed by atoms with E-state index in [1.807, 2.05) is 0 Å². The molecule has 0 saturated carbocycles. The molecule has 1 aliphatic rings. The van der Waals surface area contributed by atoms with Gasteiger partial charge in [0.15, 0.2) is 0 Å². The molecule has 0 aromatic heterocycles. The molecule has 0 aromatic carbocycles. The van der Waals surface area contributed by atoms with Crippen LogP contribution >= 0.6 is 0 Å². The van der Waals surface area contributed by atoms with Crippen LogP contribution in [-0.2, 0) is 0 Å². The van der Waals surface area contributed by atoms with E-state index in [0.717, 1.165) is 5.92 Å². The van der Waals surface area contributed by atoms with Gasteiger partial charge < -0.3 is 4.90 Å². The summed E-state index contributed by atoms with van der Waals surface area (Å²) in [6, 6.07) is 0. The molecule has 0 aromatic rings. The fourth-order valence-electron chi connectivity index (χ4n) is 2.37. The minimum Gasteiger partial charge on any atom is -0.303 e. The molecule has 1 heterocycles. The SMILES string of the molecule is CC(C)CN1CCCCCCCCC1. The fourth-order valence-corrected chi connectivity index (χ4v) is 2.37. The first-order valence-corrected chi connectivity index (χ1v) is 6.51. The van der Waals surface area contributed by atoms with Crippen molar-refractivity contribution >= 4 is 0 Å². The highest BCUT2D eigenvalue weighted by molar-refractivity contribution is 4.62. The third-order valence-corrected chi connectivity index (χ3v) is 3.07. The molecule has 84 valence electrons. The Labute approximate surface area is 89.9 Å². The maximum atomic E-state index is 2.68. The average molecular weight is 197 g/mol. The van der Waals surface area contributed by atoms with Gasteiger partial charge in [-0.15, -0.1) is 0 Å². The molecule has 0 atom stereocenters. The lowest BCUT2D eigenvalue weighted by Crippen LogP contribution is -2.30. The van der Waals surface area contributed by atoms with Crippen LogP contribution in [0.4, 0.5) is 0 Å². The van der Waals surface area contributed by atoms with Crippen LogP contribution in [0.15, 0.2) is 0 Å². The molecule has 1 nitrogen and oxygen atoms in total. The van der Waals surface area contributed by atoms with Crippen molar-refractivity contribution in [2.45, 2.75) is 58.8 Å². The first-order chi connectivity index (χ1) is 6.79. The number of hydrogen-bond acceptors (Lipinski definition) is 1. The maximum absolute atomic E-state index is 2.68. The second kappa shape index (κ2) is 7.28. The molecule has 1 fully saturated rings. The van der Waals surface area contributed by atoms with Crippen LogP contribution < -0.4 is 0 Å². The number of nitrogens with zero attached hydrogens (tertiary/aromatic N) is 1. The summed E-state index contributed by atoms with van der Waals surface area (Å²) in [5.41, 5.74) is 0. The second-order valence-corrected chi connectivity index (χ2v) is 5.17.